The summed E-state index contributed by atoms with van der Waals surface area (Å²) >= 11 is 0. The predicted octanol–water partition coefficient (Wildman–Crippen LogP) is 2.40. The van der Waals surface area contributed by atoms with Gasteiger partial charge in [0.25, 0.3) is 5.91 Å². The molecular formula is C25H39N2O4+. The van der Waals surface area contributed by atoms with E-state index in [-0.39, 0.29) is 17.9 Å². The highest BCUT2D eigenvalue weighted by Crippen LogP contribution is 2.46. The Hall–Kier alpha value is -1.79. The quantitative estimate of drug-likeness (QED) is 0.647. The molecule has 1 saturated heterocycles. The van der Waals surface area contributed by atoms with E-state index in [1.807, 2.05) is 18.2 Å². The maximum Gasteiger partial charge on any atom is 0.275 e. The van der Waals surface area contributed by atoms with Crippen molar-refractivity contribution in [3.8, 4) is 11.5 Å². The first-order chi connectivity index (χ1) is 15.0. The van der Waals surface area contributed by atoms with Gasteiger partial charge in [0.05, 0.1) is 31.9 Å². The van der Waals surface area contributed by atoms with Crippen molar-refractivity contribution in [1.82, 2.24) is 5.32 Å². The van der Waals surface area contributed by atoms with Crippen LogP contribution in [0.15, 0.2) is 18.2 Å². The molecule has 1 aromatic rings. The van der Waals surface area contributed by atoms with Crippen LogP contribution in [0.25, 0.3) is 0 Å². The van der Waals surface area contributed by atoms with Crippen molar-refractivity contribution < 1.29 is 24.3 Å². The van der Waals surface area contributed by atoms with Gasteiger partial charge in [-0.25, -0.2) is 0 Å². The van der Waals surface area contributed by atoms with Gasteiger partial charge < -0.3 is 24.8 Å². The highest BCUT2D eigenvalue weighted by molar-refractivity contribution is 5.77. The molecule has 6 heteroatoms. The molecule has 172 valence electrons. The molecular weight excluding hydrogens is 392 g/mol. The Kier molecular flexibility index (Phi) is 7.07. The zero-order valence-electron chi connectivity index (χ0n) is 19.1. The molecule has 6 nitrogen and oxygen atoms in total. The highest BCUT2D eigenvalue weighted by atomic mass is 16.5. The molecule has 0 radical (unpaired) electrons. The molecule has 3 fully saturated rings. The fourth-order valence-electron chi connectivity index (χ4n) is 6.30. The van der Waals surface area contributed by atoms with Gasteiger partial charge in [-0.1, -0.05) is 32.1 Å². The number of amides is 1. The molecule has 1 heterocycles. The van der Waals surface area contributed by atoms with Crippen LogP contribution in [0.5, 0.6) is 11.5 Å². The Morgan fingerprint density at radius 1 is 1.10 bits per heavy atom. The number of methoxy groups -OCH3 is 2. The van der Waals surface area contributed by atoms with Crippen LogP contribution in [-0.2, 0) is 4.79 Å². The van der Waals surface area contributed by atoms with Crippen molar-refractivity contribution in [3.63, 3.8) is 0 Å². The van der Waals surface area contributed by atoms with Crippen molar-refractivity contribution in [2.45, 2.75) is 81.9 Å². The monoisotopic (exact) mass is 431 g/mol. The van der Waals surface area contributed by atoms with Gasteiger partial charge in [-0.3, -0.25) is 4.79 Å². The lowest BCUT2D eigenvalue weighted by molar-refractivity contribution is -0.937. The number of piperidine rings is 1. The fraction of sp³-hybridized carbons (Fsp3) is 0.720. The number of nitrogens with one attached hydrogen (secondary N) is 2. The second kappa shape index (κ2) is 9.78. The third kappa shape index (κ3) is 4.85. The molecule has 1 amide bonds. The fourth-order valence-corrected chi connectivity index (χ4v) is 6.30. The minimum absolute atomic E-state index is 0.0150. The second-order valence-electron chi connectivity index (χ2n) is 9.78. The molecule has 0 aromatic heterocycles. The average Bonchev–Trinajstić information content (AvgIpc) is 2.79. The summed E-state index contributed by atoms with van der Waals surface area (Å²) in [6.45, 7) is 1.23. The van der Waals surface area contributed by atoms with Gasteiger partial charge in [0.15, 0.2) is 6.54 Å². The van der Waals surface area contributed by atoms with E-state index in [4.69, 9.17) is 9.47 Å². The first-order valence-corrected chi connectivity index (χ1v) is 12.1. The zero-order chi connectivity index (χ0) is 21.8. The number of benzene rings is 1. The van der Waals surface area contributed by atoms with E-state index >= 15 is 0 Å². The van der Waals surface area contributed by atoms with Crippen LogP contribution < -0.4 is 19.7 Å². The third-order valence-corrected chi connectivity index (χ3v) is 7.92. The van der Waals surface area contributed by atoms with E-state index in [1.165, 1.54) is 24.2 Å². The summed E-state index contributed by atoms with van der Waals surface area (Å²) in [4.78, 5) is 14.3. The number of carbonyl (C=O) groups is 1. The highest BCUT2D eigenvalue weighted by Gasteiger charge is 2.52. The second-order valence-corrected chi connectivity index (χ2v) is 9.78. The van der Waals surface area contributed by atoms with Crippen LogP contribution in [-0.4, -0.2) is 50.0 Å². The first-order valence-electron chi connectivity index (χ1n) is 12.1. The van der Waals surface area contributed by atoms with E-state index in [0.29, 0.717) is 12.6 Å². The van der Waals surface area contributed by atoms with Gasteiger partial charge >= 0.3 is 0 Å². The number of rotatable bonds is 6. The normalized spacial score (nSPS) is 31.5. The van der Waals surface area contributed by atoms with Crippen LogP contribution in [0, 0.1) is 5.92 Å². The smallest absolute Gasteiger partial charge is 0.275 e. The molecule has 3 aliphatic rings. The topological polar surface area (TPSA) is 72.2 Å². The Morgan fingerprint density at radius 3 is 2.61 bits per heavy atom. The molecule has 4 rings (SSSR count). The van der Waals surface area contributed by atoms with Crippen molar-refractivity contribution in [1.29, 1.82) is 0 Å². The number of fused-ring (bicyclic) bond motifs is 1. The van der Waals surface area contributed by atoms with Crippen LogP contribution in [0.1, 0.15) is 75.8 Å². The minimum atomic E-state index is -0.652. The maximum absolute atomic E-state index is 13.0. The lowest BCUT2D eigenvalue weighted by atomic mass is 9.66. The van der Waals surface area contributed by atoms with Gasteiger partial charge in [0.1, 0.15) is 17.5 Å². The van der Waals surface area contributed by atoms with E-state index in [2.05, 4.69) is 5.32 Å². The van der Waals surface area contributed by atoms with Gasteiger partial charge in [-0.05, 0) is 43.9 Å². The predicted molar refractivity (Wildman–Crippen MR) is 120 cm³/mol. The van der Waals surface area contributed by atoms with Crippen LogP contribution in [0.4, 0.5) is 0 Å². The molecule has 1 aliphatic heterocycles. The molecule has 1 unspecified atom stereocenters. The van der Waals surface area contributed by atoms with E-state index in [0.717, 1.165) is 68.6 Å². The number of quaternary nitrogens is 1. The number of carbonyl (C=O) groups excluding carboxylic acids is 1. The largest absolute Gasteiger partial charge is 0.497 e. The number of aliphatic hydroxyl groups is 1. The molecule has 31 heavy (non-hydrogen) atoms. The standard InChI is InChI=1S/C25H38N2O4/c1-30-19-11-12-22(31-2)20(16-19)24-21-10-6-7-13-25(21,29)14-15-27(24)17-23(28)26-18-8-4-3-5-9-18/h11-12,16,18,21,24,29H,3-10,13-15,17H2,1-2H3,(H,26,28)/p+1/t21-,24-,25+/m1/s1. The number of hydrogen-bond donors (Lipinski definition) is 3. The lowest BCUT2D eigenvalue weighted by Crippen LogP contribution is -3.16. The van der Waals surface area contributed by atoms with Gasteiger partial charge in [-0.2, -0.15) is 0 Å². The minimum Gasteiger partial charge on any atom is -0.497 e. The summed E-state index contributed by atoms with van der Waals surface area (Å²) in [5.41, 5.74) is 0.396. The first kappa shape index (κ1) is 22.4. The van der Waals surface area contributed by atoms with Crippen molar-refractivity contribution in [2.24, 2.45) is 5.92 Å². The Labute approximate surface area is 186 Å². The number of hydrogen-bond acceptors (Lipinski definition) is 4. The summed E-state index contributed by atoms with van der Waals surface area (Å²) in [6.07, 6.45) is 10.7. The summed E-state index contributed by atoms with van der Waals surface area (Å²) < 4.78 is 11.3. The van der Waals surface area contributed by atoms with Gasteiger partial charge in [0, 0.05) is 18.4 Å². The summed E-state index contributed by atoms with van der Waals surface area (Å²) in [5.74, 6) is 1.85. The Bertz CT molecular complexity index is 764. The van der Waals surface area contributed by atoms with Crippen LogP contribution >= 0.6 is 0 Å². The Balaban J connectivity index is 1.61. The lowest BCUT2D eigenvalue weighted by Gasteiger charge is -2.50. The third-order valence-electron chi connectivity index (χ3n) is 7.92. The molecule has 2 aliphatic carbocycles. The van der Waals surface area contributed by atoms with Crippen molar-refractivity contribution >= 4 is 5.91 Å². The van der Waals surface area contributed by atoms with Gasteiger partial charge in [-0.15, -0.1) is 0 Å². The van der Waals surface area contributed by atoms with E-state index < -0.39 is 5.60 Å². The average molecular weight is 432 g/mol. The van der Waals surface area contributed by atoms with Crippen LogP contribution in [0.3, 0.4) is 0 Å². The molecule has 0 bridgehead atoms. The maximum atomic E-state index is 13.0. The molecule has 2 saturated carbocycles. The molecule has 4 atom stereocenters. The zero-order valence-corrected chi connectivity index (χ0v) is 19.1. The van der Waals surface area contributed by atoms with Crippen molar-refractivity contribution in [3.05, 3.63) is 23.8 Å². The summed E-state index contributed by atoms with van der Waals surface area (Å²) in [5, 5.41) is 14.8. The van der Waals surface area contributed by atoms with E-state index in [1.54, 1.807) is 14.2 Å². The van der Waals surface area contributed by atoms with Gasteiger partial charge in [0.2, 0.25) is 0 Å². The Morgan fingerprint density at radius 2 is 1.87 bits per heavy atom. The van der Waals surface area contributed by atoms with Crippen molar-refractivity contribution in [2.75, 3.05) is 27.3 Å². The number of ether oxygens (including phenoxy) is 2. The molecule has 3 N–H and O–H groups in total. The molecule has 1 aromatic carbocycles. The van der Waals surface area contributed by atoms with E-state index in [9.17, 15) is 9.90 Å². The number of likely N-dealkylation sites (tertiary alicyclic amines) is 1. The molecule has 0 spiro atoms. The SMILES string of the molecule is COc1ccc(OC)c([C@@H]2[C@H]3CCCC[C@]3(O)CC[NH+]2CC(=O)NC2CCCCC2)c1. The summed E-state index contributed by atoms with van der Waals surface area (Å²) in [6, 6.07) is 6.24. The summed E-state index contributed by atoms with van der Waals surface area (Å²) in [7, 11) is 3.36. The van der Waals surface area contributed by atoms with Crippen LogP contribution in [0.2, 0.25) is 0 Å².